The Bertz CT molecular complexity index is 337. The highest BCUT2D eigenvalue weighted by Crippen LogP contribution is 2.37. The summed E-state index contributed by atoms with van der Waals surface area (Å²) in [7, 11) is 1.53. The molecule has 1 aromatic rings. The van der Waals surface area contributed by atoms with Crippen LogP contribution in [0.4, 0.5) is 0 Å². The third-order valence-electron chi connectivity index (χ3n) is 1.50. The molecule has 2 nitrogen and oxygen atoms in total. The zero-order valence-electron chi connectivity index (χ0n) is 6.66. The van der Waals surface area contributed by atoms with Gasteiger partial charge in [0.25, 0.3) is 5.91 Å². The maximum atomic E-state index is 11.3. The maximum absolute atomic E-state index is 11.3. The van der Waals surface area contributed by atoms with E-state index >= 15 is 0 Å². The minimum atomic E-state index is -0.260. The molecule has 1 aromatic heterocycles. The molecular weight excluding hydrogens is 253 g/mol. The van der Waals surface area contributed by atoms with Crippen molar-refractivity contribution < 1.29 is 4.79 Å². The molecule has 1 amide bonds. The highest BCUT2D eigenvalue weighted by atomic mass is 35.5. The molecule has 0 unspecified atom stereocenters. The lowest BCUT2D eigenvalue weighted by atomic mass is 10.2. The zero-order valence-corrected chi connectivity index (χ0v) is 9.74. The normalized spacial score (nSPS) is 10.2. The number of halogens is 3. The second-order valence-corrected chi connectivity index (χ2v) is 4.71. The van der Waals surface area contributed by atoms with Gasteiger partial charge in [-0.15, -0.1) is 22.9 Å². The number of rotatable bonds is 2. The Morgan fingerprint density at radius 1 is 1.46 bits per heavy atom. The van der Waals surface area contributed by atoms with Crippen LogP contribution in [0.25, 0.3) is 0 Å². The summed E-state index contributed by atoms with van der Waals surface area (Å²) in [5, 5.41) is 2.48. The second-order valence-electron chi connectivity index (χ2n) is 2.22. The van der Waals surface area contributed by atoms with Crippen LogP contribution in [-0.4, -0.2) is 13.0 Å². The molecule has 0 saturated heterocycles. The van der Waals surface area contributed by atoms with Crippen LogP contribution in [0.1, 0.15) is 15.9 Å². The Kier molecular flexibility index (Phi) is 3.86. The first kappa shape index (κ1) is 11.1. The van der Waals surface area contributed by atoms with Crippen molar-refractivity contribution in [2.24, 2.45) is 0 Å². The molecule has 0 fully saturated rings. The van der Waals surface area contributed by atoms with Crippen molar-refractivity contribution in [1.29, 1.82) is 0 Å². The molecular formula is C7H6Cl3NOS. The minimum Gasteiger partial charge on any atom is -0.355 e. The van der Waals surface area contributed by atoms with Crippen LogP contribution in [0, 0.1) is 0 Å². The van der Waals surface area contributed by atoms with Gasteiger partial charge in [-0.25, -0.2) is 0 Å². The highest BCUT2D eigenvalue weighted by molar-refractivity contribution is 7.20. The molecule has 1 heterocycles. The van der Waals surface area contributed by atoms with Crippen molar-refractivity contribution in [3.05, 3.63) is 19.8 Å². The van der Waals surface area contributed by atoms with Gasteiger partial charge in [0.05, 0.1) is 15.8 Å². The molecule has 13 heavy (non-hydrogen) atoms. The SMILES string of the molecule is CNC(=O)c1c(Cl)sc(Cl)c1CCl. The lowest BCUT2D eigenvalue weighted by molar-refractivity contribution is 0.0963. The number of hydrogen-bond donors (Lipinski definition) is 1. The summed E-state index contributed by atoms with van der Waals surface area (Å²) in [5.74, 6) is -0.0750. The van der Waals surface area contributed by atoms with Crippen LogP contribution in [0.15, 0.2) is 0 Å². The van der Waals surface area contributed by atoms with Crippen molar-refractivity contribution in [3.63, 3.8) is 0 Å². The summed E-state index contributed by atoms with van der Waals surface area (Å²) < 4.78 is 0.846. The van der Waals surface area contributed by atoms with E-state index in [0.29, 0.717) is 19.8 Å². The maximum Gasteiger partial charge on any atom is 0.253 e. The van der Waals surface area contributed by atoms with Crippen LogP contribution >= 0.6 is 46.1 Å². The Labute approximate surface area is 94.8 Å². The number of carbonyl (C=O) groups excluding carboxylic acids is 1. The van der Waals surface area contributed by atoms with E-state index < -0.39 is 0 Å². The summed E-state index contributed by atoms with van der Waals surface area (Å²) in [6.45, 7) is 0. The first-order chi connectivity index (χ1) is 6.11. The fourth-order valence-electron chi connectivity index (χ4n) is 0.879. The average molecular weight is 259 g/mol. The van der Waals surface area contributed by atoms with Crippen molar-refractivity contribution in [2.45, 2.75) is 5.88 Å². The van der Waals surface area contributed by atoms with Crippen LogP contribution in [0.3, 0.4) is 0 Å². The van der Waals surface area contributed by atoms with Crippen LogP contribution in [0.5, 0.6) is 0 Å². The molecule has 0 aliphatic rings. The third-order valence-corrected chi connectivity index (χ3v) is 3.46. The summed E-state index contributed by atoms with van der Waals surface area (Å²) in [4.78, 5) is 11.3. The van der Waals surface area contributed by atoms with E-state index in [1.165, 1.54) is 7.05 Å². The van der Waals surface area contributed by atoms with Crippen LogP contribution in [-0.2, 0) is 5.88 Å². The highest BCUT2D eigenvalue weighted by Gasteiger charge is 2.20. The standard InChI is InChI=1S/C7H6Cl3NOS/c1-11-7(12)4-3(2-8)5(9)13-6(4)10/h2H2,1H3,(H,11,12). The number of thiophene rings is 1. The number of alkyl halides is 1. The molecule has 0 aliphatic heterocycles. The van der Waals surface area contributed by atoms with Crippen molar-refractivity contribution in [1.82, 2.24) is 5.32 Å². The molecule has 6 heteroatoms. The molecule has 0 saturated carbocycles. The quantitative estimate of drug-likeness (QED) is 0.811. The van der Waals surface area contributed by atoms with E-state index in [4.69, 9.17) is 34.8 Å². The van der Waals surface area contributed by atoms with E-state index in [1.807, 2.05) is 0 Å². The van der Waals surface area contributed by atoms with Crippen molar-refractivity contribution >= 4 is 52.0 Å². The molecule has 0 aromatic carbocycles. The van der Waals surface area contributed by atoms with E-state index in [-0.39, 0.29) is 11.8 Å². The molecule has 0 aliphatic carbocycles. The van der Waals surface area contributed by atoms with E-state index in [0.717, 1.165) is 11.3 Å². The largest absolute Gasteiger partial charge is 0.355 e. The fourth-order valence-corrected chi connectivity index (χ4v) is 3.01. The summed E-state index contributed by atoms with van der Waals surface area (Å²) >= 11 is 18.4. The van der Waals surface area contributed by atoms with Gasteiger partial charge in [-0.2, -0.15) is 0 Å². The summed E-state index contributed by atoms with van der Waals surface area (Å²) in [5.41, 5.74) is 0.979. The Morgan fingerprint density at radius 2 is 2.08 bits per heavy atom. The molecule has 72 valence electrons. The molecule has 0 bridgehead atoms. The average Bonchev–Trinajstić information content (AvgIpc) is 2.39. The van der Waals surface area contributed by atoms with Crippen molar-refractivity contribution in [3.8, 4) is 0 Å². The number of nitrogens with one attached hydrogen (secondary N) is 1. The molecule has 0 spiro atoms. The van der Waals surface area contributed by atoms with E-state index in [2.05, 4.69) is 5.32 Å². The Balaban J connectivity index is 3.24. The van der Waals surface area contributed by atoms with Gasteiger partial charge in [0.2, 0.25) is 0 Å². The summed E-state index contributed by atoms with van der Waals surface area (Å²) in [6.07, 6.45) is 0. The van der Waals surface area contributed by atoms with E-state index in [9.17, 15) is 4.79 Å². The molecule has 0 radical (unpaired) electrons. The van der Waals surface area contributed by atoms with Gasteiger partial charge >= 0.3 is 0 Å². The van der Waals surface area contributed by atoms with Gasteiger partial charge < -0.3 is 5.32 Å². The van der Waals surface area contributed by atoms with Gasteiger partial charge in [0.1, 0.15) is 4.34 Å². The number of amides is 1. The number of carbonyl (C=O) groups is 1. The van der Waals surface area contributed by atoms with Gasteiger partial charge in [-0.3, -0.25) is 4.79 Å². The monoisotopic (exact) mass is 257 g/mol. The third kappa shape index (κ3) is 2.10. The number of hydrogen-bond acceptors (Lipinski definition) is 2. The first-order valence-corrected chi connectivity index (χ1v) is 5.47. The molecule has 0 atom stereocenters. The van der Waals surface area contributed by atoms with Crippen LogP contribution < -0.4 is 5.32 Å². The van der Waals surface area contributed by atoms with Crippen molar-refractivity contribution in [2.75, 3.05) is 7.05 Å². The molecule has 1 rings (SSSR count). The Hall–Kier alpha value is 0.0400. The Morgan fingerprint density at radius 3 is 2.54 bits per heavy atom. The lowest BCUT2D eigenvalue weighted by Crippen LogP contribution is -2.18. The first-order valence-electron chi connectivity index (χ1n) is 3.36. The fraction of sp³-hybridized carbons (Fsp3) is 0.286. The molecule has 1 N–H and O–H groups in total. The topological polar surface area (TPSA) is 29.1 Å². The minimum absolute atomic E-state index is 0.185. The smallest absolute Gasteiger partial charge is 0.253 e. The van der Waals surface area contributed by atoms with Gasteiger partial charge in [0, 0.05) is 12.6 Å². The zero-order chi connectivity index (χ0) is 10.0. The predicted octanol–water partition coefficient (Wildman–Crippen LogP) is 3.15. The summed E-state index contributed by atoms with van der Waals surface area (Å²) in [6, 6.07) is 0. The van der Waals surface area contributed by atoms with Gasteiger partial charge in [0.15, 0.2) is 0 Å². The van der Waals surface area contributed by atoms with Gasteiger partial charge in [-0.1, -0.05) is 23.2 Å². The second kappa shape index (κ2) is 4.51. The lowest BCUT2D eigenvalue weighted by Gasteiger charge is -1.99. The van der Waals surface area contributed by atoms with Gasteiger partial charge in [-0.05, 0) is 0 Å². The predicted molar refractivity (Wildman–Crippen MR) is 57.3 cm³/mol. The van der Waals surface area contributed by atoms with E-state index in [1.54, 1.807) is 0 Å². The van der Waals surface area contributed by atoms with Crippen LogP contribution in [0.2, 0.25) is 8.67 Å².